The van der Waals surface area contributed by atoms with Gasteiger partial charge in [-0.25, -0.2) is 8.42 Å². The molecule has 3 heterocycles. The molecule has 1 amide bonds. The number of hydrogen-bond donors (Lipinski definition) is 1. The molecule has 0 atom stereocenters. The zero-order valence-corrected chi connectivity index (χ0v) is 18.2. The number of sulfone groups is 1. The van der Waals surface area contributed by atoms with Gasteiger partial charge in [-0.1, -0.05) is 19.1 Å². The van der Waals surface area contributed by atoms with E-state index in [9.17, 15) is 13.2 Å². The highest BCUT2D eigenvalue weighted by molar-refractivity contribution is 7.91. The number of thiophene rings is 1. The van der Waals surface area contributed by atoms with E-state index in [1.165, 1.54) is 21.8 Å². The normalized spacial score (nSPS) is 19.2. The third kappa shape index (κ3) is 3.99. The highest BCUT2D eigenvalue weighted by Crippen LogP contribution is 2.45. The van der Waals surface area contributed by atoms with Gasteiger partial charge in [0.15, 0.2) is 9.84 Å². The second-order valence-electron chi connectivity index (χ2n) is 7.75. The lowest BCUT2D eigenvalue weighted by molar-refractivity contribution is -0.0960. The third-order valence-electron chi connectivity index (χ3n) is 5.95. The van der Waals surface area contributed by atoms with Gasteiger partial charge in [-0.3, -0.25) is 9.69 Å². The molecule has 8 heteroatoms. The van der Waals surface area contributed by atoms with E-state index in [-0.39, 0.29) is 17.3 Å². The number of rotatable bonds is 5. The topological polar surface area (TPSA) is 89.7 Å². The summed E-state index contributed by atoms with van der Waals surface area (Å²) in [6.45, 7) is 4.89. The molecule has 2 aliphatic rings. The smallest absolute Gasteiger partial charge is 0.258 e. The number of nitrogens with zero attached hydrogens (tertiary/aromatic N) is 1. The van der Waals surface area contributed by atoms with Crippen LogP contribution in [-0.2, 0) is 33.1 Å². The van der Waals surface area contributed by atoms with E-state index >= 15 is 0 Å². The predicted molar refractivity (Wildman–Crippen MR) is 113 cm³/mol. The van der Waals surface area contributed by atoms with Gasteiger partial charge in [0, 0.05) is 24.5 Å². The minimum absolute atomic E-state index is 0.114. The number of piperidine rings is 1. The first kappa shape index (κ1) is 20.5. The van der Waals surface area contributed by atoms with Gasteiger partial charge < -0.3 is 10.5 Å². The van der Waals surface area contributed by atoms with Gasteiger partial charge in [-0.2, -0.15) is 0 Å². The van der Waals surface area contributed by atoms with Gasteiger partial charge in [0.1, 0.15) is 5.60 Å². The van der Waals surface area contributed by atoms with Crippen LogP contribution in [0.3, 0.4) is 0 Å². The number of likely N-dealkylation sites (tertiary alicyclic amines) is 1. The van der Waals surface area contributed by atoms with Crippen molar-refractivity contribution >= 4 is 27.1 Å². The maximum absolute atomic E-state index is 12.0. The molecule has 1 fully saturated rings. The Morgan fingerprint density at radius 3 is 2.55 bits per heavy atom. The van der Waals surface area contributed by atoms with Gasteiger partial charge in [-0.05, 0) is 48.6 Å². The predicted octanol–water partition coefficient (Wildman–Crippen LogP) is 2.70. The first-order valence-electron chi connectivity index (χ1n) is 9.94. The van der Waals surface area contributed by atoms with Crippen molar-refractivity contribution < 1.29 is 17.9 Å². The molecule has 1 spiro atoms. The Balaban J connectivity index is 1.44. The van der Waals surface area contributed by atoms with Crippen LogP contribution < -0.4 is 5.73 Å². The Morgan fingerprint density at radius 1 is 1.24 bits per heavy atom. The van der Waals surface area contributed by atoms with Gasteiger partial charge in [0.05, 0.1) is 22.1 Å². The fourth-order valence-electron chi connectivity index (χ4n) is 4.21. The monoisotopic (exact) mass is 434 g/mol. The van der Waals surface area contributed by atoms with E-state index in [1.807, 2.05) is 18.2 Å². The number of nitrogens with two attached hydrogens (primary N) is 1. The van der Waals surface area contributed by atoms with Crippen LogP contribution in [0.2, 0.25) is 0 Å². The molecular weight excluding hydrogens is 408 g/mol. The quantitative estimate of drug-likeness (QED) is 0.782. The summed E-state index contributed by atoms with van der Waals surface area (Å²) in [6.07, 6.45) is 2.58. The maximum atomic E-state index is 12.0. The summed E-state index contributed by atoms with van der Waals surface area (Å²) in [4.78, 5) is 16.1. The van der Waals surface area contributed by atoms with Crippen molar-refractivity contribution in [2.45, 2.75) is 43.2 Å². The SMILES string of the molecule is CCS(=O)(=O)c1ccc(CN2CCC3(CC2)OCCc2cc(C(N)=O)sc23)cc1. The maximum Gasteiger partial charge on any atom is 0.258 e. The molecule has 2 N–H and O–H groups in total. The molecule has 6 nitrogen and oxygen atoms in total. The van der Waals surface area contributed by atoms with Gasteiger partial charge in [0.25, 0.3) is 5.91 Å². The largest absolute Gasteiger partial charge is 0.369 e. The molecule has 0 unspecified atom stereocenters. The van der Waals surface area contributed by atoms with Gasteiger partial charge in [-0.15, -0.1) is 11.3 Å². The van der Waals surface area contributed by atoms with Crippen LogP contribution in [-0.4, -0.2) is 44.7 Å². The number of ether oxygens (including phenoxy) is 1. The fraction of sp³-hybridized carbons (Fsp3) is 0.476. The Morgan fingerprint density at radius 2 is 1.93 bits per heavy atom. The van der Waals surface area contributed by atoms with Crippen LogP contribution in [0.1, 0.15) is 45.4 Å². The van der Waals surface area contributed by atoms with E-state index in [1.54, 1.807) is 19.1 Å². The summed E-state index contributed by atoms with van der Waals surface area (Å²) < 4.78 is 30.2. The highest BCUT2D eigenvalue weighted by atomic mass is 32.2. The van der Waals surface area contributed by atoms with E-state index in [0.717, 1.165) is 44.5 Å². The summed E-state index contributed by atoms with van der Waals surface area (Å²) in [5, 5.41) is 0. The highest BCUT2D eigenvalue weighted by Gasteiger charge is 2.42. The lowest BCUT2D eigenvalue weighted by Crippen LogP contribution is -2.45. The second kappa shape index (κ2) is 7.83. The van der Waals surface area contributed by atoms with E-state index < -0.39 is 9.84 Å². The average Bonchev–Trinajstić information content (AvgIpc) is 3.17. The van der Waals surface area contributed by atoms with Crippen LogP contribution in [0.15, 0.2) is 35.2 Å². The summed E-state index contributed by atoms with van der Waals surface area (Å²) >= 11 is 1.49. The zero-order chi connectivity index (χ0) is 20.6. The summed E-state index contributed by atoms with van der Waals surface area (Å²) in [5.41, 5.74) is 7.49. The van der Waals surface area contributed by atoms with Crippen molar-refractivity contribution in [1.82, 2.24) is 4.90 Å². The molecule has 2 aromatic rings. The minimum atomic E-state index is -3.16. The fourth-order valence-corrected chi connectivity index (χ4v) is 6.36. The Kier molecular flexibility index (Phi) is 5.54. The molecule has 1 aromatic carbocycles. The lowest BCUT2D eigenvalue weighted by atomic mass is 9.85. The van der Waals surface area contributed by atoms with Crippen LogP contribution in [0.5, 0.6) is 0 Å². The Bertz CT molecular complexity index is 1000. The molecule has 2 aliphatic heterocycles. The third-order valence-corrected chi connectivity index (χ3v) is 9.08. The van der Waals surface area contributed by atoms with Crippen molar-refractivity contribution in [3.8, 4) is 0 Å². The van der Waals surface area contributed by atoms with E-state index in [2.05, 4.69) is 4.90 Å². The second-order valence-corrected chi connectivity index (χ2v) is 11.1. The number of primary amides is 1. The van der Waals surface area contributed by atoms with Crippen LogP contribution in [0.25, 0.3) is 0 Å². The number of fused-ring (bicyclic) bond motifs is 2. The molecule has 4 rings (SSSR count). The standard InChI is InChI=1S/C21H26N2O4S2/c1-2-29(25,26)17-5-3-15(4-6-17)14-23-10-8-21(9-11-23)19-16(7-12-27-21)13-18(28-19)20(22)24/h3-6,13H,2,7-12,14H2,1H3,(H2,22,24). The molecule has 0 radical (unpaired) electrons. The molecule has 0 saturated carbocycles. The first-order valence-corrected chi connectivity index (χ1v) is 12.4. The number of hydrogen-bond acceptors (Lipinski definition) is 6. The van der Waals surface area contributed by atoms with Crippen molar-refractivity contribution in [1.29, 1.82) is 0 Å². The van der Waals surface area contributed by atoms with Gasteiger partial charge >= 0.3 is 0 Å². The lowest BCUT2D eigenvalue weighted by Gasteiger charge is -2.43. The molecule has 1 saturated heterocycles. The Labute approximate surface area is 175 Å². The molecular formula is C21H26N2O4S2. The first-order chi connectivity index (χ1) is 13.8. The molecule has 156 valence electrons. The van der Waals surface area contributed by atoms with Crippen LogP contribution in [0.4, 0.5) is 0 Å². The molecule has 1 aromatic heterocycles. The van der Waals surface area contributed by atoms with Crippen molar-refractivity contribution in [3.63, 3.8) is 0 Å². The van der Waals surface area contributed by atoms with Crippen molar-refractivity contribution in [3.05, 3.63) is 51.2 Å². The minimum Gasteiger partial charge on any atom is -0.369 e. The number of amides is 1. The molecule has 0 aliphatic carbocycles. The summed E-state index contributed by atoms with van der Waals surface area (Å²) in [7, 11) is -3.16. The average molecular weight is 435 g/mol. The molecule has 0 bridgehead atoms. The number of benzene rings is 1. The molecule has 29 heavy (non-hydrogen) atoms. The number of carbonyl (C=O) groups is 1. The summed E-state index contributed by atoms with van der Waals surface area (Å²) in [5.74, 6) is -0.256. The zero-order valence-electron chi connectivity index (χ0n) is 16.5. The van der Waals surface area contributed by atoms with Crippen LogP contribution in [0, 0.1) is 0 Å². The van der Waals surface area contributed by atoms with Gasteiger partial charge in [0.2, 0.25) is 0 Å². The van der Waals surface area contributed by atoms with E-state index in [4.69, 9.17) is 10.5 Å². The Hall–Kier alpha value is -1.74. The van der Waals surface area contributed by atoms with Crippen molar-refractivity contribution in [2.24, 2.45) is 5.73 Å². The number of carbonyl (C=O) groups excluding carboxylic acids is 1. The van der Waals surface area contributed by atoms with E-state index in [0.29, 0.717) is 16.4 Å². The summed E-state index contributed by atoms with van der Waals surface area (Å²) in [6, 6.07) is 9.15. The van der Waals surface area contributed by atoms with Crippen LogP contribution >= 0.6 is 11.3 Å². The van der Waals surface area contributed by atoms with Crippen molar-refractivity contribution in [2.75, 3.05) is 25.4 Å².